The minimum atomic E-state index is -0.171. The normalized spacial score (nSPS) is 19.3. The number of aromatic nitrogens is 5. The molecule has 30 heavy (non-hydrogen) atoms. The van der Waals surface area contributed by atoms with Crippen LogP contribution in [0.25, 0.3) is 0 Å². The first-order valence-electron chi connectivity index (χ1n) is 11.1. The molecule has 9 nitrogen and oxygen atoms in total. The van der Waals surface area contributed by atoms with Crippen molar-refractivity contribution in [1.29, 1.82) is 0 Å². The quantitative estimate of drug-likeness (QED) is 0.798. The number of carbonyl (C=O) groups is 1. The van der Waals surface area contributed by atoms with Crippen molar-refractivity contribution in [3.05, 3.63) is 23.0 Å². The lowest BCUT2D eigenvalue weighted by molar-refractivity contribution is -0.121. The van der Waals surface area contributed by atoms with Gasteiger partial charge in [0, 0.05) is 46.2 Å². The van der Waals surface area contributed by atoms with E-state index in [4.69, 9.17) is 0 Å². The molecular formula is C21H34N8O. The minimum Gasteiger partial charge on any atom is -0.322 e. The zero-order valence-electron chi connectivity index (χ0n) is 18.7. The van der Waals surface area contributed by atoms with Gasteiger partial charge < -0.3 is 9.88 Å². The minimum absolute atomic E-state index is 0.0328. The molecule has 1 N–H and O–H groups in total. The Bertz CT molecular complexity index is 893. The first-order chi connectivity index (χ1) is 14.4. The van der Waals surface area contributed by atoms with Crippen molar-refractivity contribution in [2.24, 2.45) is 7.05 Å². The van der Waals surface area contributed by atoms with Crippen LogP contribution in [0.4, 0.5) is 5.69 Å². The lowest BCUT2D eigenvalue weighted by Crippen LogP contribution is -2.52. The molecule has 9 heteroatoms. The highest BCUT2D eigenvalue weighted by Crippen LogP contribution is 2.20. The number of carbonyl (C=O) groups excluding carboxylic acids is 1. The van der Waals surface area contributed by atoms with Gasteiger partial charge in [-0.3, -0.25) is 19.3 Å². The van der Waals surface area contributed by atoms with Crippen LogP contribution in [0.5, 0.6) is 0 Å². The SMILES string of the molecule is Cc1nn(C)c(C)c1NC(=O)C(C)N1CCN(Cc2nnc3n2CCCCC3)CC1. The van der Waals surface area contributed by atoms with E-state index in [9.17, 15) is 4.79 Å². The van der Waals surface area contributed by atoms with E-state index in [2.05, 4.69) is 35.0 Å². The Kier molecular flexibility index (Phi) is 6.19. The van der Waals surface area contributed by atoms with E-state index in [-0.39, 0.29) is 11.9 Å². The van der Waals surface area contributed by atoms with Crippen molar-refractivity contribution in [3.63, 3.8) is 0 Å². The van der Waals surface area contributed by atoms with Crippen LogP contribution in [-0.2, 0) is 31.4 Å². The van der Waals surface area contributed by atoms with Crippen molar-refractivity contribution in [2.75, 3.05) is 31.5 Å². The summed E-state index contributed by atoms with van der Waals surface area (Å²) in [4.78, 5) is 17.5. The molecule has 4 heterocycles. The van der Waals surface area contributed by atoms with Crippen molar-refractivity contribution in [2.45, 2.75) is 65.6 Å². The van der Waals surface area contributed by atoms with E-state index in [1.165, 1.54) is 19.3 Å². The molecule has 0 spiro atoms. The molecule has 0 radical (unpaired) electrons. The average molecular weight is 415 g/mol. The van der Waals surface area contributed by atoms with E-state index in [1.54, 1.807) is 4.68 Å². The van der Waals surface area contributed by atoms with Crippen LogP contribution < -0.4 is 5.32 Å². The van der Waals surface area contributed by atoms with Crippen molar-refractivity contribution >= 4 is 11.6 Å². The molecular weight excluding hydrogens is 380 g/mol. The molecule has 164 valence electrons. The number of fused-ring (bicyclic) bond motifs is 1. The molecule has 0 aromatic carbocycles. The summed E-state index contributed by atoms with van der Waals surface area (Å²) >= 11 is 0. The van der Waals surface area contributed by atoms with Gasteiger partial charge in [0.2, 0.25) is 5.91 Å². The summed E-state index contributed by atoms with van der Waals surface area (Å²) in [5.41, 5.74) is 2.67. The van der Waals surface area contributed by atoms with Crippen molar-refractivity contribution < 1.29 is 4.79 Å². The number of aryl methyl sites for hydroxylation is 3. The van der Waals surface area contributed by atoms with E-state index >= 15 is 0 Å². The second-order valence-electron chi connectivity index (χ2n) is 8.64. The molecule has 2 aromatic rings. The van der Waals surface area contributed by atoms with Crippen LogP contribution in [0.1, 0.15) is 49.2 Å². The molecule has 1 atom stereocenters. The van der Waals surface area contributed by atoms with Gasteiger partial charge in [0.1, 0.15) is 11.6 Å². The molecule has 0 aliphatic carbocycles. The van der Waals surface area contributed by atoms with Gasteiger partial charge in [0.25, 0.3) is 0 Å². The Labute approximate surface area is 178 Å². The number of piperazine rings is 1. The van der Waals surface area contributed by atoms with Crippen molar-refractivity contribution in [1.82, 2.24) is 34.3 Å². The lowest BCUT2D eigenvalue weighted by Gasteiger charge is -2.37. The maximum Gasteiger partial charge on any atom is 0.241 e. The number of nitrogens with zero attached hydrogens (tertiary/aromatic N) is 7. The van der Waals surface area contributed by atoms with Gasteiger partial charge >= 0.3 is 0 Å². The summed E-state index contributed by atoms with van der Waals surface area (Å²) in [5, 5.41) is 16.4. The third-order valence-electron chi connectivity index (χ3n) is 6.64. The molecule has 0 saturated carbocycles. The fraction of sp³-hybridized carbons (Fsp3) is 0.714. The smallest absolute Gasteiger partial charge is 0.241 e. The Morgan fingerprint density at radius 1 is 1.07 bits per heavy atom. The summed E-state index contributed by atoms with van der Waals surface area (Å²) in [6.07, 6.45) is 4.76. The molecule has 1 saturated heterocycles. The summed E-state index contributed by atoms with van der Waals surface area (Å²) < 4.78 is 4.13. The maximum atomic E-state index is 12.8. The second-order valence-corrected chi connectivity index (χ2v) is 8.64. The highest BCUT2D eigenvalue weighted by Gasteiger charge is 2.27. The number of hydrogen-bond donors (Lipinski definition) is 1. The number of hydrogen-bond acceptors (Lipinski definition) is 6. The largest absolute Gasteiger partial charge is 0.322 e. The van der Waals surface area contributed by atoms with E-state index in [0.717, 1.165) is 74.4 Å². The summed E-state index contributed by atoms with van der Waals surface area (Å²) in [6.45, 7) is 11.4. The Morgan fingerprint density at radius 2 is 1.83 bits per heavy atom. The van der Waals surface area contributed by atoms with Crippen LogP contribution in [0, 0.1) is 13.8 Å². The van der Waals surface area contributed by atoms with E-state index in [1.807, 2.05) is 27.8 Å². The molecule has 1 fully saturated rings. The standard InChI is InChI=1S/C21H34N8O/c1-15-20(16(2)26(4)25-15)22-21(30)17(3)28-12-10-27(11-13-28)14-19-24-23-18-8-6-5-7-9-29(18)19/h17H,5-14H2,1-4H3,(H,22,30). The number of rotatable bonds is 5. The van der Waals surface area contributed by atoms with Gasteiger partial charge in [-0.25, -0.2) is 0 Å². The Balaban J connectivity index is 1.31. The lowest BCUT2D eigenvalue weighted by atomic mass is 10.2. The van der Waals surface area contributed by atoms with Crippen LogP contribution in [-0.4, -0.2) is 72.5 Å². The predicted molar refractivity (Wildman–Crippen MR) is 115 cm³/mol. The summed E-state index contributed by atoms with van der Waals surface area (Å²) in [5.74, 6) is 2.27. The zero-order chi connectivity index (χ0) is 21.3. The summed E-state index contributed by atoms with van der Waals surface area (Å²) in [7, 11) is 1.90. The molecule has 2 aromatic heterocycles. The topological polar surface area (TPSA) is 84.1 Å². The maximum absolute atomic E-state index is 12.8. The van der Waals surface area contributed by atoms with Crippen LogP contribution in [0.15, 0.2) is 0 Å². The molecule has 4 rings (SSSR count). The van der Waals surface area contributed by atoms with Gasteiger partial charge in [0.05, 0.1) is 29.7 Å². The monoisotopic (exact) mass is 414 g/mol. The summed E-state index contributed by atoms with van der Waals surface area (Å²) in [6, 6.07) is -0.171. The van der Waals surface area contributed by atoms with E-state index in [0.29, 0.717) is 0 Å². The van der Waals surface area contributed by atoms with Gasteiger partial charge in [-0.2, -0.15) is 5.10 Å². The first kappa shape index (κ1) is 21.0. The predicted octanol–water partition coefficient (Wildman–Crippen LogP) is 1.50. The fourth-order valence-corrected chi connectivity index (χ4v) is 4.52. The molecule has 2 aliphatic heterocycles. The van der Waals surface area contributed by atoms with Gasteiger partial charge in [-0.05, 0) is 33.6 Å². The first-order valence-corrected chi connectivity index (χ1v) is 11.1. The van der Waals surface area contributed by atoms with Crippen LogP contribution in [0.2, 0.25) is 0 Å². The number of amides is 1. The Hall–Kier alpha value is -2.26. The van der Waals surface area contributed by atoms with Gasteiger partial charge in [0.15, 0.2) is 0 Å². The Morgan fingerprint density at radius 3 is 2.53 bits per heavy atom. The van der Waals surface area contributed by atoms with Crippen LogP contribution >= 0.6 is 0 Å². The zero-order valence-corrected chi connectivity index (χ0v) is 18.7. The number of anilines is 1. The van der Waals surface area contributed by atoms with E-state index < -0.39 is 0 Å². The number of nitrogens with one attached hydrogen (secondary N) is 1. The molecule has 1 amide bonds. The highest BCUT2D eigenvalue weighted by atomic mass is 16.2. The van der Waals surface area contributed by atoms with Gasteiger partial charge in [-0.1, -0.05) is 6.42 Å². The molecule has 2 aliphatic rings. The van der Waals surface area contributed by atoms with Crippen LogP contribution in [0.3, 0.4) is 0 Å². The second kappa shape index (κ2) is 8.85. The fourth-order valence-electron chi connectivity index (χ4n) is 4.52. The van der Waals surface area contributed by atoms with Crippen molar-refractivity contribution in [3.8, 4) is 0 Å². The highest BCUT2D eigenvalue weighted by molar-refractivity contribution is 5.95. The molecule has 0 bridgehead atoms. The third kappa shape index (κ3) is 4.27. The third-order valence-corrected chi connectivity index (χ3v) is 6.64. The van der Waals surface area contributed by atoms with Gasteiger partial charge in [-0.15, -0.1) is 10.2 Å². The average Bonchev–Trinajstić information content (AvgIpc) is 3.10. The molecule has 1 unspecified atom stereocenters.